The third-order valence-electron chi connectivity index (χ3n) is 6.87. The van der Waals surface area contributed by atoms with Crippen LogP contribution in [-0.2, 0) is 0 Å². The molecule has 3 rings (SSSR count). The van der Waals surface area contributed by atoms with Gasteiger partial charge in [0.1, 0.15) is 0 Å². The molecule has 0 spiro atoms. The minimum absolute atomic E-state index is 0.0192. The third-order valence-corrected chi connectivity index (χ3v) is 6.87. The van der Waals surface area contributed by atoms with Crippen molar-refractivity contribution in [1.29, 1.82) is 0 Å². The highest BCUT2D eigenvalue weighted by Crippen LogP contribution is 2.61. The van der Waals surface area contributed by atoms with E-state index in [0.717, 1.165) is 30.1 Å². The van der Waals surface area contributed by atoms with Crippen molar-refractivity contribution < 1.29 is 5.11 Å². The van der Waals surface area contributed by atoms with Crippen LogP contribution in [0.25, 0.3) is 0 Å². The smallest absolute Gasteiger partial charge is 0.0566 e. The molecular formula is C17H30O. The quantitative estimate of drug-likeness (QED) is 0.777. The molecular weight excluding hydrogens is 220 g/mol. The second kappa shape index (κ2) is 4.51. The molecule has 0 aromatic carbocycles. The molecule has 1 heteroatoms. The standard InChI is InChI=1S/C17H30O/c1-11-8-12(4-7-16(11)18)9-15-13-5-6-14(10-13)17(15,2)3/h11-16,18H,4-10H2,1-3H3. The Morgan fingerprint density at radius 3 is 2.44 bits per heavy atom. The van der Waals surface area contributed by atoms with Gasteiger partial charge in [0.2, 0.25) is 0 Å². The molecule has 18 heavy (non-hydrogen) atoms. The maximum absolute atomic E-state index is 9.86. The average Bonchev–Trinajstić information content (AvgIpc) is 2.86. The van der Waals surface area contributed by atoms with E-state index in [1.54, 1.807) is 0 Å². The van der Waals surface area contributed by atoms with Gasteiger partial charge in [0.25, 0.3) is 0 Å². The summed E-state index contributed by atoms with van der Waals surface area (Å²) >= 11 is 0. The van der Waals surface area contributed by atoms with E-state index in [9.17, 15) is 5.11 Å². The van der Waals surface area contributed by atoms with Crippen molar-refractivity contribution in [2.75, 3.05) is 0 Å². The lowest BCUT2D eigenvalue weighted by atomic mass is 9.64. The molecule has 0 aliphatic heterocycles. The highest BCUT2D eigenvalue weighted by molar-refractivity contribution is 5.02. The van der Waals surface area contributed by atoms with Crippen LogP contribution in [0.3, 0.4) is 0 Å². The Morgan fingerprint density at radius 2 is 1.83 bits per heavy atom. The maximum Gasteiger partial charge on any atom is 0.0566 e. The monoisotopic (exact) mass is 250 g/mol. The SMILES string of the molecule is CC1CC(CC2C3CCC(C3)C2(C)C)CCC1O. The van der Waals surface area contributed by atoms with Crippen LogP contribution in [0.2, 0.25) is 0 Å². The van der Waals surface area contributed by atoms with Gasteiger partial charge in [-0.15, -0.1) is 0 Å². The predicted molar refractivity (Wildman–Crippen MR) is 75.2 cm³/mol. The molecule has 0 saturated heterocycles. The molecule has 6 atom stereocenters. The first-order valence-electron chi connectivity index (χ1n) is 8.16. The summed E-state index contributed by atoms with van der Waals surface area (Å²) in [6, 6.07) is 0. The van der Waals surface area contributed by atoms with E-state index in [1.165, 1.54) is 38.5 Å². The number of aliphatic hydroxyl groups excluding tert-OH is 1. The van der Waals surface area contributed by atoms with Crippen molar-refractivity contribution in [3.63, 3.8) is 0 Å². The zero-order valence-electron chi connectivity index (χ0n) is 12.4. The topological polar surface area (TPSA) is 20.2 Å². The molecule has 1 N–H and O–H groups in total. The van der Waals surface area contributed by atoms with E-state index in [-0.39, 0.29) is 6.10 Å². The summed E-state index contributed by atoms with van der Waals surface area (Å²) in [5.74, 6) is 4.45. The number of hydrogen-bond donors (Lipinski definition) is 1. The average molecular weight is 250 g/mol. The summed E-state index contributed by atoms with van der Waals surface area (Å²) in [6.45, 7) is 7.30. The van der Waals surface area contributed by atoms with Gasteiger partial charge in [-0.05, 0) is 80.0 Å². The zero-order chi connectivity index (χ0) is 12.9. The van der Waals surface area contributed by atoms with Crippen molar-refractivity contribution in [3.8, 4) is 0 Å². The van der Waals surface area contributed by atoms with E-state index >= 15 is 0 Å². The fourth-order valence-electron chi connectivity index (χ4n) is 5.53. The highest BCUT2D eigenvalue weighted by Gasteiger charge is 2.52. The van der Waals surface area contributed by atoms with Crippen LogP contribution in [0, 0.1) is 35.0 Å². The van der Waals surface area contributed by atoms with E-state index in [1.807, 2.05) is 0 Å². The summed E-state index contributed by atoms with van der Waals surface area (Å²) in [4.78, 5) is 0. The first-order chi connectivity index (χ1) is 8.48. The summed E-state index contributed by atoms with van der Waals surface area (Å²) < 4.78 is 0. The van der Waals surface area contributed by atoms with E-state index < -0.39 is 0 Å². The molecule has 3 fully saturated rings. The summed E-state index contributed by atoms with van der Waals surface area (Å²) in [5.41, 5.74) is 0.599. The number of rotatable bonds is 2. The second-order valence-corrected chi connectivity index (χ2v) is 8.16. The molecule has 3 saturated carbocycles. The van der Waals surface area contributed by atoms with Gasteiger partial charge in [0, 0.05) is 0 Å². The molecule has 0 heterocycles. The number of hydrogen-bond acceptors (Lipinski definition) is 1. The van der Waals surface area contributed by atoms with E-state index in [4.69, 9.17) is 0 Å². The third kappa shape index (κ3) is 2.03. The van der Waals surface area contributed by atoms with Gasteiger partial charge < -0.3 is 5.11 Å². The fraction of sp³-hybridized carbons (Fsp3) is 1.00. The van der Waals surface area contributed by atoms with Gasteiger partial charge in [-0.25, -0.2) is 0 Å². The van der Waals surface area contributed by atoms with Crippen LogP contribution < -0.4 is 0 Å². The van der Waals surface area contributed by atoms with Gasteiger partial charge >= 0.3 is 0 Å². The second-order valence-electron chi connectivity index (χ2n) is 8.16. The van der Waals surface area contributed by atoms with E-state index in [0.29, 0.717) is 11.3 Å². The van der Waals surface area contributed by atoms with Gasteiger partial charge in [0.15, 0.2) is 0 Å². The normalized spacial score (nSPS) is 50.7. The lowest BCUT2D eigenvalue weighted by molar-refractivity contribution is 0.0328. The lowest BCUT2D eigenvalue weighted by Gasteiger charge is -2.42. The largest absolute Gasteiger partial charge is 0.393 e. The summed E-state index contributed by atoms with van der Waals surface area (Å²) in [7, 11) is 0. The lowest BCUT2D eigenvalue weighted by Crippen LogP contribution is -2.34. The first-order valence-corrected chi connectivity index (χ1v) is 8.16. The molecule has 0 amide bonds. The molecule has 6 unspecified atom stereocenters. The number of aliphatic hydroxyl groups is 1. The molecule has 104 valence electrons. The summed E-state index contributed by atoms with van der Waals surface area (Å²) in [5, 5.41) is 9.86. The van der Waals surface area contributed by atoms with Crippen molar-refractivity contribution in [2.45, 2.75) is 71.8 Å². The molecule has 0 aromatic rings. The maximum atomic E-state index is 9.86. The van der Waals surface area contributed by atoms with Crippen LogP contribution in [0.15, 0.2) is 0 Å². The Bertz CT molecular complexity index is 309. The van der Waals surface area contributed by atoms with Crippen molar-refractivity contribution >= 4 is 0 Å². The fourth-order valence-corrected chi connectivity index (χ4v) is 5.53. The van der Waals surface area contributed by atoms with E-state index in [2.05, 4.69) is 20.8 Å². The van der Waals surface area contributed by atoms with Gasteiger partial charge in [-0.2, -0.15) is 0 Å². The molecule has 2 bridgehead atoms. The zero-order valence-corrected chi connectivity index (χ0v) is 12.4. The molecule has 1 nitrogen and oxygen atoms in total. The molecule has 3 aliphatic rings. The number of fused-ring (bicyclic) bond motifs is 2. The van der Waals surface area contributed by atoms with Gasteiger partial charge in [-0.1, -0.05) is 20.8 Å². The Balaban J connectivity index is 1.63. The summed E-state index contributed by atoms with van der Waals surface area (Å²) in [6.07, 6.45) is 9.54. The van der Waals surface area contributed by atoms with Crippen LogP contribution in [0.4, 0.5) is 0 Å². The molecule has 0 radical (unpaired) electrons. The Hall–Kier alpha value is -0.0400. The Morgan fingerprint density at radius 1 is 1.06 bits per heavy atom. The van der Waals surface area contributed by atoms with Gasteiger partial charge in [0.05, 0.1) is 6.10 Å². The van der Waals surface area contributed by atoms with Crippen LogP contribution in [0.1, 0.15) is 65.7 Å². The highest BCUT2D eigenvalue weighted by atomic mass is 16.3. The van der Waals surface area contributed by atoms with Crippen LogP contribution >= 0.6 is 0 Å². The predicted octanol–water partition coefficient (Wildman–Crippen LogP) is 4.25. The van der Waals surface area contributed by atoms with Crippen LogP contribution in [0.5, 0.6) is 0 Å². The van der Waals surface area contributed by atoms with Crippen LogP contribution in [-0.4, -0.2) is 11.2 Å². The molecule has 0 aromatic heterocycles. The molecule has 3 aliphatic carbocycles. The minimum Gasteiger partial charge on any atom is -0.393 e. The Labute approximate surface area is 112 Å². The van der Waals surface area contributed by atoms with Crippen molar-refractivity contribution in [2.24, 2.45) is 35.0 Å². The van der Waals surface area contributed by atoms with Gasteiger partial charge in [-0.3, -0.25) is 0 Å². The van der Waals surface area contributed by atoms with Crippen molar-refractivity contribution in [1.82, 2.24) is 0 Å². The first kappa shape index (κ1) is 13.0. The van der Waals surface area contributed by atoms with Crippen molar-refractivity contribution in [3.05, 3.63) is 0 Å². The minimum atomic E-state index is -0.0192. The Kier molecular flexibility index (Phi) is 3.25.